The number of aliphatic hydroxyl groups is 1. The minimum absolute atomic E-state index is 0.107. The number of Topliss-reactive ketones (excluding diaryl/α,β-unsaturated/α-hetero) is 1. The van der Waals surface area contributed by atoms with Gasteiger partial charge in [0.05, 0.1) is 18.7 Å². The van der Waals surface area contributed by atoms with Crippen LogP contribution in [0.5, 0.6) is 0 Å². The second-order valence-electron chi connectivity index (χ2n) is 6.14. The van der Waals surface area contributed by atoms with Gasteiger partial charge in [0.25, 0.3) is 0 Å². The summed E-state index contributed by atoms with van der Waals surface area (Å²) in [5.74, 6) is -0.473. The number of allylic oxidation sites excluding steroid dienone is 1. The summed E-state index contributed by atoms with van der Waals surface area (Å²) in [5, 5.41) is 10.2. The first-order chi connectivity index (χ1) is 10.9. The summed E-state index contributed by atoms with van der Waals surface area (Å²) >= 11 is 0. The van der Waals surface area contributed by atoms with Crippen LogP contribution in [0.2, 0.25) is 0 Å². The highest BCUT2D eigenvalue weighted by molar-refractivity contribution is 5.86. The van der Waals surface area contributed by atoms with E-state index in [1.54, 1.807) is 0 Å². The van der Waals surface area contributed by atoms with E-state index < -0.39 is 18.2 Å². The second kappa shape index (κ2) is 7.42. The number of hydrogen-bond acceptors (Lipinski definition) is 4. The second-order valence-corrected chi connectivity index (χ2v) is 6.14. The van der Waals surface area contributed by atoms with Crippen molar-refractivity contribution in [3.63, 3.8) is 0 Å². The summed E-state index contributed by atoms with van der Waals surface area (Å²) in [6.07, 6.45) is -0.810. The Bertz CT molecular complexity index is 584. The molecule has 2 rings (SSSR count). The molecule has 3 atom stereocenters. The Balaban J connectivity index is 2.06. The maximum Gasteiger partial charge on any atom is 0.410 e. The van der Waals surface area contributed by atoms with Crippen molar-refractivity contribution in [3.05, 3.63) is 48.0 Å². The van der Waals surface area contributed by atoms with Crippen molar-refractivity contribution in [3.8, 4) is 0 Å². The van der Waals surface area contributed by atoms with Crippen molar-refractivity contribution < 1.29 is 19.4 Å². The van der Waals surface area contributed by atoms with E-state index in [-0.39, 0.29) is 24.9 Å². The zero-order valence-corrected chi connectivity index (χ0v) is 13.6. The third-order valence-electron chi connectivity index (χ3n) is 4.06. The van der Waals surface area contributed by atoms with Gasteiger partial charge in [-0.25, -0.2) is 4.79 Å². The van der Waals surface area contributed by atoms with Gasteiger partial charge in [0.1, 0.15) is 6.61 Å². The molecule has 1 fully saturated rings. The highest BCUT2D eigenvalue weighted by Crippen LogP contribution is 2.31. The molecule has 1 heterocycles. The molecule has 1 amide bonds. The molecule has 124 valence electrons. The van der Waals surface area contributed by atoms with E-state index in [9.17, 15) is 14.7 Å². The lowest BCUT2D eigenvalue weighted by molar-refractivity contribution is -0.122. The van der Waals surface area contributed by atoms with Gasteiger partial charge in [0.2, 0.25) is 0 Å². The molecule has 1 aromatic rings. The summed E-state index contributed by atoms with van der Waals surface area (Å²) in [6.45, 7) is 7.37. The summed E-state index contributed by atoms with van der Waals surface area (Å²) in [5.41, 5.74) is 1.75. The standard InChI is InChI=1S/C18H23NO4/c1-12(2)9-15-16(21)10-19(17(15)13(3)20)18(22)23-11-14-7-5-4-6-8-14/h4-8,15-17,21H,1,9-11H2,2-3H3. The van der Waals surface area contributed by atoms with Crippen molar-refractivity contribution in [2.24, 2.45) is 5.92 Å². The van der Waals surface area contributed by atoms with E-state index in [0.717, 1.165) is 11.1 Å². The maximum absolute atomic E-state index is 12.3. The number of likely N-dealkylation sites (tertiary alicyclic amines) is 1. The van der Waals surface area contributed by atoms with E-state index in [0.29, 0.717) is 6.42 Å². The third kappa shape index (κ3) is 4.20. The van der Waals surface area contributed by atoms with E-state index in [1.165, 1.54) is 11.8 Å². The lowest BCUT2D eigenvalue weighted by Gasteiger charge is -2.25. The van der Waals surface area contributed by atoms with Crippen LogP contribution in [0, 0.1) is 5.92 Å². The topological polar surface area (TPSA) is 66.8 Å². The molecule has 0 aromatic heterocycles. The average molecular weight is 317 g/mol. The minimum Gasteiger partial charge on any atom is -0.445 e. The van der Waals surface area contributed by atoms with Gasteiger partial charge in [-0.15, -0.1) is 6.58 Å². The maximum atomic E-state index is 12.3. The zero-order chi connectivity index (χ0) is 17.0. The van der Waals surface area contributed by atoms with Gasteiger partial charge in [-0.2, -0.15) is 0 Å². The summed E-state index contributed by atoms with van der Waals surface area (Å²) < 4.78 is 5.30. The predicted octanol–water partition coefficient (Wildman–Crippen LogP) is 2.54. The lowest BCUT2D eigenvalue weighted by atomic mass is 9.89. The number of amides is 1. The number of nitrogens with zero attached hydrogens (tertiary/aromatic N) is 1. The molecular formula is C18H23NO4. The molecule has 0 radical (unpaired) electrons. The first-order valence-corrected chi connectivity index (χ1v) is 7.70. The molecule has 0 spiro atoms. The predicted molar refractivity (Wildman–Crippen MR) is 86.7 cm³/mol. The molecule has 1 aliphatic rings. The Hall–Kier alpha value is -2.14. The number of hydrogen-bond donors (Lipinski definition) is 1. The monoisotopic (exact) mass is 317 g/mol. The quantitative estimate of drug-likeness (QED) is 0.848. The van der Waals surface area contributed by atoms with Gasteiger partial charge < -0.3 is 9.84 Å². The zero-order valence-electron chi connectivity index (χ0n) is 13.6. The molecule has 5 heteroatoms. The van der Waals surface area contributed by atoms with E-state index in [4.69, 9.17) is 4.74 Å². The van der Waals surface area contributed by atoms with E-state index >= 15 is 0 Å². The van der Waals surface area contributed by atoms with Gasteiger partial charge in [-0.05, 0) is 25.8 Å². The number of carbonyl (C=O) groups excluding carboxylic acids is 2. The Morgan fingerprint density at radius 2 is 1.96 bits per heavy atom. The SMILES string of the molecule is C=C(C)CC1C(O)CN(C(=O)OCc2ccccc2)C1C(C)=O. The highest BCUT2D eigenvalue weighted by Gasteiger charge is 2.46. The van der Waals surface area contributed by atoms with Gasteiger partial charge >= 0.3 is 6.09 Å². The molecule has 0 bridgehead atoms. The third-order valence-corrected chi connectivity index (χ3v) is 4.06. The van der Waals surface area contributed by atoms with Crippen LogP contribution in [-0.2, 0) is 16.1 Å². The van der Waals surface area contributed by atoms with Crippen LogP contribution in [0.3, 0.4) is 0 Å². The molecule has 0 aliphatic carbocycles. The smallest absolute Gasteiger partial charge is 0.410 e. The van der Waals surface area contributed by atoms with Gasteiger partial charge in [0.15, 0.2) is 5.78 Å². The summed E-state index contributed by atoms with van der Waals surface area (Å²) in [6, 6.07) is 8.67. The van der Waals surface area contributed by atoms with Crippen LogP contribution >= 0.6 is 0 Å². The average Bonchev–Trinajstić information content (AvgIpc) is 2.82. The minimum atomic E-state index is -0.745. The first-order valence-electron chi connectivity index (χ1n) is 7.70. The number of ether oxygens (including phenoxy) is 1. The van der Waals surface area contributed by atoms with E-state index in [2.05, 4.69) is 6.58 Å². The van der Waals surface area contributed by atoms with Crippen LogP contribution in [0.4, 0.5) is 4.79 Å². The molecule has 1 aliphatic heterocycles. The molecule has 0 saturated carbocycles. The Labute approximate surface area is 136 Å². The van der Waals surface area contributed by atoms with Crippen molar-refractivity contribution >= 4 is 11.9 Å². The molecule has 1 saturated heterocycles. The fourth-order valence-electron chi connectivity index (χ4n) is 3.05. The van der Waals surface area contributed by atoms with Crippen LogP contribution in [-0.4, -0.2) is 40.6 Å². The largest absolute Gasteiger partial charge is 0.445 e. The van der Waals surface area contributed by atoms with Crippen molar-refractivity contribution in [1.82, 2.24) is 4.90 Å². The van der Waals surface area contributed by atoms with Crippen molar-refractivity contribution in [2.45, 2.75) is 39.0 Å². The Morgan fingerprint density at radius 1 is 1.30 bits per heavy atom. The number of β-amino-alcohol motifs (C(OH)–C–C–N with tert-alkyl or cyclic N) is 1. The first kappa shape index (κ1) is 17.2. The molecule has 3 unspecified atom stereocenters. The Kier molecular flexibility index (Phi) is 5.55. The fraction of sp³-hybridized carbons (Fsp3) is 0.444. The molecule has 5 nitrogen and oxygen atoms in total. The van der Waals surface area contributed by atoms with Crippen LogP contribution in [0.1, 0.15) is 25.8 Å². The fourth-order valence-corrected chi connectivity index (χ4v) is 3.05. The lowest BCUT2D eigenvalue weighted by Crippen LogP contribution is -2.42. The number of rotatable bonds is 5. The number of benzene rings is 1. The van der Waals surface area contributed by atoms with Crippen molar-refractivity contribution in [1.29, 1.82) is 0 Å². The number of ketones is 1. The van der Waals surface area contributed by atoms with Crippen molar-refractivity contribution in [2.75, 3.05) is 6.54 Å². The van der Waals surface area contributed by atoms with Crippen LogP contribution in [0.25, 0.3) is 0 Å². The van der Waals surface area contributed by atoms with Crippen LogP contribution in [0.15, 0.2) is 42.5 Å². The molecule has 23 heavy (non-hydrogen) atoms. The number of carbonyl (C=O) groups is 2. The normalized spacial score (nSPS) is 23.6. The molecule has 1 aromatic carbocycles. The van der Waals surface area contributed by atoms with Gasteiger partial charge in [-0.3, -0.25) is 9.69 Å². The molecule has 1 N–H and O–H groups in total. The summed E-state index contributed by atoms with van der Waals surface area (Å²) in [7, 11) is 0. The van der Waals surface area contributed by atoms with Crippen LogP contribution < -0.4 is 0 Å². The Morgan fingerprint density at radius 3 is 2.52 bits per heavy atom. The molecular weight excluding hydrogens is 294 g/mol. The highest BCUT2D eigenvalue weighted by atomic mass is 16.6. The van der Waals surface area contributed by atoms with Gasteiger partial charge in [-0.1, -0.05) is 35.9 Å². The van der Waals surface area contributed by atoms with E-state index in [1.807, 2.05) is 37.3 Å². The number of aliphatic hydroxyl groups excluding tert-OH is 1. The van der Waals surface area contributed by atoms with Gasteiger partial charge in [0, 0.05) is 5.92 Å². The summed E-state index contributed by atoms with van der Waals surface area (Å²) in [4.78, 5) is 25.6.